The molecule has 1 N–H and O–H groups in total. The van der Waals surface area contributed by atoms with Crippen LogP contribution in [0.4, 0.5) is 5.69 Å². The van der Waals surface area contributed by atoms with Gasteiger partial charge in [-0.1, -0.05) is 37.7 Å². The van der Waals surface area contributed by atoms with Gasteiger partial charge >= 0.3 is 0 Å². The molecule has 30 heavy (non-hydrogen) atoms. The van der Waals surface area contributed by atoms with E-state index in [4.69, 9.17) is 9.72 Å². The van der Waals surface area contributed by atoms with Gasteiger partial charge in [0.25, 0.3) is 5.56 Å². The van der Waals surface area contributed by atoms with Crippen LogP contribution in [0, 0.1) is 5.92 Å². The number of ether oxygens (including phenoxy) is 1. The number of anilines is 1. The molecule has 6 nitrogen and oxygen atoms in total. The number of hydrogen-bond acceptors (Lipinski definition) is 5. The number of nitrogens with zero attached hydrogens (tertiary/aromatic N) is 2. The molecule has 1 amide bonds. The SMILES string of the molecule is COc1ccc(NC(=O)[C@H](C)Sc2nc3ccccc3c(=O)n2CCC(C)C)cc1. The van der Waals surface area contributed by atoms with Gasteiger partial charge in [0.05, 0.1) is 23.3 Å². The molecule has 0 aliphatic heterocycles. The molecule has 1 aromatic heterocycles. The molecule has 0 saturated carbocycles. The molecule has 0 bridgehead atoms. The Bertz CT molecular complexity index is 1080. The Balaban J connectivity index is 1.84. The molecule has 158 valence electrons. The Morgan fingerprint density at radius 3 is 2.50 bits per heavy atom. The fourth-order valence-corrected chi connectivity index (χ4v) is 3.89. The highest BCUT2D eigenvalue weighted by atomic mass is 32.2. The number of carbonyl (C=O) groups is 1. The molecular weight excluding hydrogens is 398 g/mol. The zero-order valence-corrected chi connectivity index (χ0v) is 18.5. The number of methoxy groups -OCH3 is 1. The number of carbonyl (C=O) groups excluding carboxylic acids is 1. The molecule has 0 spiro atoms. The van der Waals surface area contributed by atoms with Gasteiger partial charge in [0.1, 0.15) is 5.75 Å². The zero-order valence-electron chi connectivity index (χ0n) is 17.7. The summed E-state index contributed by atoms with van der Waals surface area (Å²) in [5.74, 6) is 1.03. The van der Waals surface area contributed by atoms with Crippen LogP contribution in [-0.2, 0) is 11.3 Å². The molecule has 3 rings (SSSR count). The molecule has 1 atom stereocenters. The third-order valence-electron chi connectivity index (χ3n) is 4.77. The Morgan fingerprint density at radius 2 is 1.83 bits per heavy atom. The summed E-state index contributed by atoms with van der Waals surface area (Å²) in [6.07, 6.45) is 0.861. The summed E-state index contributed by atoms with van der Waals surface area (Å²) in [5.41, 5.74) is 1.27. The van der Waals surface area contributed by atoms with Gasteiger partial charge in [-0.05, 0) is 55.7 Å². The van der Waals surface area contributed by atoms with Crippen LogP contribution in [0.15, 0.2) is 58.5 Å². The van der Waals surface area contributed by atoms with Gasteiger partial charge in [-0.15, -0.1) is 0 Å². The number of aromatic nitrogens is 2. The van der Waals surface area contributed by atoms with Crippen molar-refractivity contribution in [2.75, 3.05) is 12.4 Å². The largest absolute Gasteiger partial charge is 0.497 e. The normalized spacial score (nSPS) is 12.2. The average molecular weight is 426 g/mol. The van der Waals surface area contributed by atoms with Crippen LogP contribution in [0.3, 0.4) is 0 Å². The minimum absolute atomic E-state index is 0.0634. The Morgan fingerprint density at radius 1 is 1.13 bits per heavy atom. The summed E-state index contributed by atoms with van der Waals surface area (Å²) in [4.78, 5) is 30.5. The summed E-state index contributed by atoms with van der Waals surface area (Å²) in [6, 6.07) is 14.5. The second-order valence-electron chi connectivity index (χ2n) is 7.53. The lowest BCUT2D eigenvalue weighted by atomic mass is 10.1. The second-order valence-corrected chi connectivity index (χ2v) is 8.84. The number of amides is 1. The third-order valence-corrected chi connectivity index (χ3v) is 5.86. The monoisotopic (exact) mass is 425 g/mol. The van der Waals surface area contributed by atoms with Gasteiger partial charge in [-0.2, -0.15) is 0 Å². The predicted molar refractivity (Wildman–Crippen MR) is 122 cm³/mol. The summed E-state index contributed by atoms with van der Waals surface area (Å²) in [5, 5.41) is 3.64. The standard InChI is InChI=1S/C23H27N3O3S/c1-15(2)13-14-26-22(28)19-7-5-6-8-20(19)25-23(26)30-16(3)21(27)24-17-9-11-18(29-4)12-10-17/h5-12,15-16H,13-14H2,1-4H3,(H,24,27)/t16-/m0/s1. The van der Waals surface area contributed by atoms with Crippen molar-refractivity contribution in [1.82, 2.24) is 9.55 Å². The van der Waals surface area contributed by atoms with Gasteiger partial charge in [0.15, 0.2) is 5.16 Å². The number of benzene rings is 2. The van der Waals surface area contributed by atoms with Crippen LogP contribution >= 0.6 is 11.8 Å². The average Bonchev–Trinajstić information content (AvgIpc) is 2.73. The van der Waals surface area contributed by atoms with Crippen molar-refractivity contribution in [2.45, 2.75) is 44.1 Å². The molecule has 0 fully saturated rings. The lowest BCUT2D eigenvalue weighted by Crippen LogP contribution is -2.27. The van der Waals surface area contributed by atoms with Gasteiger partial charge in [0.2, 0.25) is 5.91 Å². The molecule has 0 aliphatic rings. The van der Waals surface area contributed by atoms with Crippen LogP contribution < -0.4 is 15.6 Å². The third kappa shape index (κ3) is 5.21. The first-order valence-electron chi connectivity index (χ1n) is 10.00. The van der Waals surface area contributed by atoms with Crippen molar-refractivity contribution >= 4 is 34.3 Å². The van der Waals surface area contributed by atoms with Crippen LogP contribution in [-0.4, -0.2) is 27.8 Å². The van der Waals surface area contributed by atoms with Crippen LogP contribution in [0.1, 0.15) is 27.2 Å². The van der Waals surface area contributed by atoms with Crippen molar-refractivity contribution in [2.24, 2.45) is 5.92 Å². The number of hydrogen-bond donors (Lipinski definition) is 1. The summed E-state index contributed by atoms with van der Waals surface area (Å²) in [7, 11) is 1.60. The minimum Gasteiger partial charge on any atom is -0.497 e. The van der Waals surface area contributed by atoms with Gasteiger partial charge < -0.3 is 10.1 Å². The molecular formula is C23H27N3O3S. The first-order chi connectivity index (χ1) is 14.4. The Labute approximate surface area is 180 Å². The maximum atomic E-state index is 13.1. The number of thioether (sulfide) groups is 1. The highest BCUT2D eigenvalue weighted by Crippen LogP contribution is 2.24. The van der Waals surface area contributed by atoms with E-state index in [1.54, 1.807) is 42.0 Å². The van der Waals surface area contributed by atoms with Gasteiger partial charge in [0, 0.05) is 12.2 Å². The summed E-state index contributed by atoms with van der Waals surface area (Å²) in [6.45, 7) is 6.63. The summed E-state index contributed by atoms with van der Waals surface area (Å²) >= 11 is 1.30. The van der Waals surface area contributed by atoms with E-state index in [2.05, 4.69) is 19.2 Å². The molecule has 0 unspecified atom stereocenters. The lowest BCUT2D eigenvalue weighted by molar-refractivity contribution is -0.115. The summed E-state index contributed by atoms with van der Waals surface area (Å²) < 4.78 is 6.84. The van der Waals surface area contributed by atoms with E-state index in [0.29, 0.717) is 34.2 Å². The first-order valence-corrected chi connectivity index (χ1v) is 10.9. The van der Waals surface area contributed by atoms with E-state index in [-0.39, 0.29) is 11.5 Å². The molecule has 0 radical (unpaired) electrons. The predicted octanol–water partition coefficient (Wildman–Crippen LogP) is 4.57. The Kier molecular flexibility index (Phi) is 7.15. The first kappa shape index (κ1) is 21.9. The van der Waals surface area contributed by atoms with Crippen LogP contribution in [0.5, 0.6) is 5.75 Å². The lowest BCUT2D eigenvalue weighted by Gasteiger charge is -2.17. The minimum atomic E-state index is -0.425. The molecule has 0 aliphatic carbocycles. The topological polar surface area (TPSA) is 73.2 Å². The maximum Gasteiger partial charge on any atom is 0.262 e. The van der Waals surface area contributed by atoms with Gasteiger partial charge in [-0.3, -0.25) is 14.2 Å². The highest BCUT2D eigenvalue weighted by Gasteiger charge is 2.20. The zero-order chi connectivity index (χ0) is 21.7. The molecule has 2 aromatic carbocycles. The van der Waals surface area contributed by atoms with Crippen LogP contribution in [0.2, 0.25) is 0 Å². The van der Waals surface area contributed by atoms with E-state index in [9.17, 15) is 9.59 Å². The van der Waals surface area contributed by atoms with E-state index < -0.39 is 5.25 Å². The number of nitrogens with one attached hydrogen (secondary N) is 1. The molecule has 1 heterocycles. The van der Waals surface area contributed by atoms with Crippen molar-refractivity contribution in [3.63, 3.8) is 0 Å². The van der Waals surface area contributed by atoms with Gasteiger partial charge in [-0.25, -0.2) is 4.98 Å². The fourth-order valence-electron chi connectivity index (χ4n) is 2.95. The molecule has 0 saturated heterocycles. The Hall–Kier alpha value is -2.80. The number of rotatable bonds is 8. The van der Waals surface area contributed by atoms with Crippen molar-refractivity contribution in [1.29, 1.82) is 0 Å². The van der Waals surface area contributed by atoms with E-state index >= 15 is 0 Å². The highest BCUT2D eigenvalue weighted by molar-refractivity contribution is 8.00. The van der Waals surface area contributed by atoms with Crippen LogP contribution in [0.25, 0.3) is 10.9 Å². The second kappa shape index (κ2) is 9.80. The van der Waals surface area contributed by atoms with Crippen molar-refractivity contribution < 1.29 is 9.53 Å². The molecule has 3 aromatic rings. The fraction of sp³-hybridized carbons (Fsp3) is 0.348. The van der Waals surface area contributed by atoms with Crippen molar-refractivity contribution in [3.8, 4) is 5.75 Å². The maximum absolute atomic E-state index is 13.1. The smallest absolute Gasteiger partial charge is 0.262 e. The van der Waals surface area contributed by atoms with E-state index in [1.165, 1.54) is 11.8 Å². The number of para-hydroxylation sites is 1. The van der Waals surface area contributed by atoms with Crippen molar-refractivity contribution in [3.05, 3.63) is 58.9 Å². The quantitative estimate of drug-likeness (QED) is 0.423. The van der Waals surface area contributed by atoms with E-state index in [0.717, 1.165) is 12.2 Å². The number of fused-ring (bicyclic) bond motifs is 1. The van der Waals surface area contributed by atoms with E-state index in [1.807, 2.05) is 25.1 Å². The molecule has 7 heteroatoms.